The van der Waals surface area contributed by atoms with Gasteiger partial charge in [-0.05, 0) is 44.4 Å². The van der Waals surface area contributed by atoms with Crippen molar-refractivity contribution in [2.45, 2.75) is 87.1 Å². The Balaban J connectivity index is 1.38. The van der Waals surface area contributed by atoms with Gasteiger partial charge in [0.25, 0.3) is 0 Å². The van der Waals surface area contributed by atoms with Crippen LogP contribution in [-0.4, -0.2) is 103 Å². The lowest BCUT2D eigenvalue weighted by molar-refractivity contribution is -0.337. The number of benzene rings is 1. The maximum atomic E-state index is 14.0. The fraction of sp³-hybridized carbons (Fsp3) is 0.750. The zero-order valence-corrected chi connectivity index (χ0v) is 25.2. The summed E-state index contributed by atoms with van der Waals surface area (Å²) in [6, 6.07) is 6.89. The van der Waals surface area contributed by atoms with E-state index < -0.39 is 34.3 Å². The van der Waals surface area contributed by atoms with E-state index in [2.05, 4.69) is 17.1 Å². The van der Waals surface area contributed by atoms with E-state index in [9.17, 15) is 19.8 Å². The fourth-order valence-electron chi connectivity index (χ4n) is 11.6. The zero-order valence-electron chi connectivity index (χ0n) is 25.2. The Labute approximate surface area is 247 Å². The molecule has 1 aliphatic heterocycles. The lowest BCUT2D eigenvalue weighted by Gasteiger charge is -2.70. The van der Waals surface area contributed by atoms with Gasteiger partial charge in [0.15, 0.2) is 0 Å². The molecule has 6 aliphatic rings. The van der Waals surface area contributed by atoms with E-state index in [-0.39, 0.29) is 47.8 Å². The van der Waals surface area contributed by atoms with Crippen molar-refractivity contribution in [2.75, 3.05) is 39.7 Å². The topological polar surface area (TPSA) is 127 Å². The highest BCUT2D eigenvalue weighted by atomic mass is 16.6. The summed E-state index contributed by atoms with van der Waals surface area (Å²) < 4.78 is 25.1. The minimum atomic E-state index is -1.48. The van der Waals surface area contributed by atoms with Crippen molar-refractivity contribution in [1.29, 1.82) is 0 Å². The summed E-state index contributed by atoms with van der Waals surface area (Å²) in [6.45, 7) is 4.79. The standard InChI is InChI=1S/C32H44N2O8/c1-6-34-16-29(42-28(36)18-9-7-8-10-21(18)33-17(2)35)12-11-25(40-4)31-23(29)14-20(26(31)34)30(37)15-22(39-3)19-13-24(31)32(30,38)27(19)41-5/h7-10,19-20,22-27,37-38H,6,11-16H2,1-5H3,(H,33,35)/t19?,20?,22?,23?,24?,25?,26-,27-,29+,30-,31?,32-/m0/s1. The SMILES string of the molecule is CCN1C[C@]2(OC(=O)c3ccccc3NC(C)=O)CCC(OC)C34C2CC([C@H]13)[C@@]1(O)CC(OC)C2CC4[C@]1(O)[C@H]2OC. The molecular weight excluding hydrogens is 540 g/mol. The molecule has 7 rings (SSSR count). The number of aliphatic hydroxyl groups is 2. The Kier molecular flexibility index (Phi) is 6.46. The molecule has 3 N–H and O–H groups in total. The molecule has 10 nitrogen and oxygen atoms in total. The molecule has 230 valence electrons. The Bertz CT molecular complexity index is 1290. The highest BCUT2D eigenvalue weighted by Gasteiger charge is 2.89. The molecular formula is C32H44N2O8. The summed E-state index contributed by atoms with van der Waals surface area (Å²) >= 11 is 0. The number of fused-ring (bicyclic) bond motifs is 2. The Morgan fingerprint density at radius 1 is 1.07 bits per heavy atom. The minimum absolute atomic E-state index is 0.0432. The zero-order chi connectivity index (χ0) is 29.8. The predicted molar refractivity (Wildman–Crippen MR) is 152 cm³/mol. The number of likely N-dealkylation sites (N-methyl/N-ethyl adjacent to an activating group) is 1. The van der Waals surface area contributed by atoms with Crippen LogP contribution in [0.15, 0.2) is 24.3 Å². The number of nitrogens with one attached hydrogen (secondary N) is 1. The second-order valence-electron chi connectivity index (χ2n) is 13.7. The quantitative estimate of drug-likeness (QED) is 0.414. The molecule has 1 saturated heterocycles. The normalized spacial score (nSPS) is 48.2. The molecule has 12 atom stereocenters. The van der Waals surface area contributed by atoms with Crippen LogP contribution >= 0.6 is 0 Å². The second-order valence-corrected chi connectivity index (χ2v) is 13.7. The van der Waals surface area contributed by atoms with Gasteiger partial charge < -0.3 is 34.5 Å². The van der Waals surface area contributed by atoms with Crippen LogP contribution in [0, 0.1) is 29.1 Å². The number of ether oxygens (including phenoxy) is 4. The number of carbonyl (C=O) groups excluding carboxylic acids is 2. The number of hydrogen-bond acceptors (Lipinski definition) is 9. The summed E-state index contributed by atoms with van der Waals surface area (Å²) in [7, 11) is 5.05. The van der Waals surface area contributed by atoms with Crippen LogP contribution in [-0.2, 0) is 23.7 Å². The Hall–Kier alpha value is -2.08. The molecule has 1 aromatic carbocycles. The van der Waals surface area contributed by atoms with Crippen molar-refractivity contribution in [3.05, 3.63) is 29.8 Å². The van der Waals surface area contributed by atoms with Crippen molar-refractivity contribution in [3.63, 3.8) is 0 Å². The number of hydrogen-bond donors (Lipinski definition) is 3. The molecule has 6 fully saturated rings. The van der Waals surface area contributed by atoms with Gasteiger partial charge in [-0.25, -0.2) is 4.79 Å². The predicted octanol–water partition coefficient (Wildman–Crippen LogP) is 2.22. The van der Waals surface area contributed by atoms with E-state index in [0.29, 0.717) is 56.4 Å². The molecule has 1 amide bonds. The summed E-state index contributed by atoms with van der Waals surface area (Å²) in [5, 5.41) is 28.4. The first kappa shape index (κ1) is 28.7. The van der Waals surface area contributed by atoms with E-state index in [1.54, 1.807) is 45.6 Å². The van der Waals surface area contributed by atoms with E-state index in [0.717, 1.165) is 0 Å². The largest absolute Gasteiger partial charge is 0.454 e. The molecule has 10 heteroatoms. The maximum Gasteiger partial charge on any atom is 0.340 e. The van der Waals surface area contributed by atoms with Crippen LogP contribution in [0.3, 0.4) is 0 Å². The highest BCUT2D eigenvalue weighted by molar-refractivity contribution is 6.00. The van der Waals surface area contributed by atoms with Gasteiger partial charge in [-0.2, -0.15) is 0 Å². The molecule has 5 saturated carbocycles. The highest BCUT2D eigenvalue weighted by Crippen LogP contribution is 2.79. The van der Waals surface area contributed by atoms with Gasteiger partial charge in [-0.15, -0.1) is 0 Å². The number of likely N-dealkylation sites (tertiary alicyclic amines) is 1. The maximum absolute atomic E-state index is 14.0. The van der Waals surface area contributed by atoms with E-state index in [1.165, 1.54) is 6.92 Å². The molecule has 0 radical (unpaired) electrons. The van der Waals surface area contributed by atoms with Crippen molar-refractivity contribution < 1.29 is 38.7 Å². The van der Waals surface area contributed by atoms with Crippen LogP contribution in [0.5, 0.6) is 0 Å². The first-order chi connectivity index (χ1) is 20.1. The van der Waals surface area contributed by atoms with Crippen LogP contribution in [0.2, 0.25) is 0 Å². The van der Waals surface area contributed by atoms with E-state index in [4.69, 9.17) is 18.9 Å². The number of esters is 1. The van der Waals surface area contributed by atoms with Gasteiger partial charge in [-0.3, -0.25) is 9.69 Å². The Morgan fingerprint density at radius 3 is 2.50 bits per heavy atom. The molecule has 42 heavy (non-hydrogen) atoms. The van der Waals surface area contributed by atoms with Gasteiger partial charge in [0.05, 0.1) is 29.6 Å². The van der Waals surface area contributed by atoms with Crippen molar-refractivity contribution in [1.82, 2.24) is 4.90 Å². The summed E-state index contributed by atoms with van der Waals surface area (Å²) in [5.41, 5.74) is -3.57. The summed E-state index contributed by atoms with van der Waals surface area (Å²) in [5.74, 6) is -1.54. The Morgan fingerprint density at radius 2 is 1.83 bits per heavy atom. The third-order valence-corrected chi connectivity index (χ3v) is 12.6. The smallest absolute Gasteiger partial charge is 0.340 e. The summed E-state index contributed by atoms with van der Waals surface area (Å²) in [6.07, 6.45) is 1.91. The first-order valence-corrected chi connectivity index (χ1v) is 15.4. The lowest BCUT2D eigenvalue weighted by atomic mass is 9.44. The number of amides is 1. The molecule has 7 unspecified atom stereocenters. The number of carbonyl (C=O) groups is 2. The third-order valence-electron chi connectivity index (χ3n) is 12.6. The number of anilines is 1. The second kappa shape index (κ2) is 9.46. The third kappa shape index (κ3) is 3.21. The van der Waals surface area contributed by atoms with Crippen LogP contribution in [0.4, 0.5) is 5.69 Å². The van der Waals surface area contributed by atoms with Crippen LogP contribution in [0.1, 0.15) is 56.3 Å². The van der Waals surface area contributed by atoms with Crippen molar-refractivity contribution in [2.24, 2.45) is 29.1 Å². The molecule has 1 heterocycles. The first-order valence-electron chi connectivity index (χ1n) is 15.4. The lowest BCUT2D eigenvalue weighted by Crippen LogP contribution is -2.83. The van der Waals surface area contributed by atoms with Crippen molar-refractivity contribution >= 4 is 17.6 Å². The number of methoxy groups -OCH3 is 3. The van der Waals surface area contributed by atoms with E-state index in [1.807, 2.05) is 0 Å². The summed E-state index contributed by atoms with van der Waals surface area (Å²) in [4.78, 5) is 28.3. The van der Waals surface area contributed by atoms with Crippen molar-refractivity contribution in [3.8, 4) is 0 Å². The van der Waals surface area contributed by atoms with E-state index >= 15 is 0 Å². The number of nitrogens with zero attached hydrogens (tertiary/aromatic N) is 1. The monoisotopic (exact) mass is 584 g/mol. The number of rotatable bonds is 7. The van der Waals surface area contributed by atoms with Gasteiger partial charge in [-0.1, -0.05) is 19.1 Å². The molecule has 1 aromatic rings. The average molecular weight is 585 g/mol. The fourth-order valence-corrected chi connectivity index (χ4v) is 11.6. The van der Waals surface area contributed by atoms with Gasteiger partial charge in [0.1, 0.15) is 16.8 Å². The van der Waals surface area contributed by atoms with Gasteiger partial charge >= 0.3 is 5.97 Å². The van der Waals surface area contributed by atoms with Gasteiger partial charge in [0, 0.05) is 76.3 Å². The van der Waals surface area contributed by atoms with Crippen LogP contribution in [0.25, 0.3) is 0 Å². The molecule has 0 aromatic heterocycles. The number of para-hydroxylation sites is 1. The molecule has 5 aliphatic carbocycles. The molecule has 7 bridgehead atoms. The van der Waals surface area contributed by atoms with Crippen LogP contribution < -0.4 is 5.32 Å². The average Bonchev–Trinajstić information content (AvgIpc) is 3.39. The molecule has 1 spiro atoms. The number of piperidine rings is 1. The van der Waals surface area contributed by atoms with Gasteiger partial charge in [0.2, 0.25) is 5.91 Å². The minimum Gasteiger partial charge on any atom is -0.454 e.